The van der Waals surface area contributed by atoms with E-state index in [9.17, 15) is 5.26 Å². The van der Waals surface area contributed by atoms with Crippen LogP contribution >= 0.6 is 0 Å². The van der Waals surface area contributed by atoms with Crippen molar-refractivity contribution in [3.8, 4) is 34.0 Å². The monoisotopic (exact) mass is 1230 g/mol. The van der Waals surface area contributed by atoms with Crippen molar-refractivity contribution in [1.29, 1.82) is 5.26 Å². The zero-order valence-electron chi connectivity index (χ0n) is 58.2. The molecule has 0 bridgehead atoms. The van der Waals surface area contributed by atoms with Crippen LogP contribution in [0.15, 0.2) is 255 Å². The Morgan fingerprint density at radius 3 is 1.02 bits per heavy atom. The highest BCUT2D eigenvalue weighted by Crippen LogP contribution is 2.44. The van der Waals surface area contributed by atoms with Gasteiger partial charge in [-0.25, -0.2) is 4.85 Å². The van der Waals surface area contributed by atoms with Gasteiger partial charge < -0.3 is 18.3 Å². The maximum atomic E-state index is 9.37. The van der Waals surface area contributed by atoms with E-state index in [1.54, 1.807) is 0 Å². The van der Waals surface area contributed by atoms with Crippen molar-refractivity contribution in [2.45, 2.75) is 135 Å². The first kappa shape index (κ1) is 69.5. The van der Waals surface area contributed by atoms with Crippen LogP contribution in [0.5, 0.6) is 0 Å². The number of nitriles is 1. The van der Waals surface area contributed by atoms with Crippen molar-refractivity contribution in [3.63, 3.8) is 0 Å². The molecule has 6 nitrogen and oxygen atoms in total. The molecule has 4 aromatic heterocycles. The average molecular weight is 1240 g/mol. The van der Waals surface area contributed by atoms with Gasteiger partial charge in [0.15, 0.2) is 5.69 Å². The first-order valence-electron chi connectivity index (χ1n) is 34.0. The second-order valence-electron chi connectivity index (χ2n) is 23.3. The second-order valence-corrected chi connectivity index (χ2v) is 23.3. The molecule has 0 amide bonds. The van der Waals surface area contributed by atoms with E-state index < -0.39 is 0 Å². The number of hydrogen-bond acceptors (Lipinski definition) is 1. The summed E-state index contributed by atoms with van der Waals surface area (Å²) in [6.07, 6.45) is 0. The maximum absolute atomic E-state index is 9.37. The fourth-order valence-electron chi connectivity index (χ4n) is 13.0. The van der Waals surface area contributed by atoms with Gasteiger partial charge in [-0.05, 0) is 142 Å². The molecule has 0 saturated carbocycles. The fraction of sp³-hybridized carbons (Fsp3) is 0.227. The number of benzene rings is 11. The smallest absolute Gasteiger partial charge is 0.197 e. The summed E-state index contributed by atoms with van der Waals surface area (Å²) in [5.74, 6) is 0.562. The number of nitrogens with zero attached hydrogens (tertiary/aromatic N) is 6. The average Bonchev–Trinajstić information content (AvgIpc) is 1.61. The lowest BCUT2D eigenvalue weighted by Crippen LogP contribution is -1.99. The summed E-state index contributed by atoms with van der Waals surface area (Å²) in [5.41, 5.74) is 18.8. The molecule has 4 heterocycles. The number of hydrogen-bond donors (Lipinski definition) is 0. The maximum Gasteiger partial charge on any atom is 0.197 e. The molecular formula is C88H94N6. The fourth-order valence-corrected chi connectivity index (χ4v) is 13.0. The van der Waals surface area contributed by atoms with Gasteiger partial charge >= 0.3 is 0 Å². The lowest BCUT2D eigenvalue weighted by molar-refractivity contribution is 0.642. The van der Waals surface area contributed by atoms with E-state index in [1.165, 1.54) is 98.9 Å². The first-order valence-corrected chi connectivity index (χ1v) is 34.0. The van der Waals surface area contributed by atoms with E-state index in [0.29, 0.717) is 29.3 Å². The van der Waals surface area contributed by atoms with Gasteiger partial charge in [0, 0.05) is 100 Å². The van der Waals surface area contributed by atoms with Crippen LogP contribution in [-0.4, -0.2) is 18.3 Å². The molecule has 0 aliphatic rings. The topological polar surface area (TPSA) is 47.9 Å². The number of fused-ring (bicyclic) bond motifs is 12. The molecule has 0 fully saturated rings. The lowest BCUT2D eigenvalue weighted by Gasteiger charge is -2.12. The van der Waals surface area contributed by atoms with Gasteiger partial charge in [-0.15, -0.1) is 0 Å². The van der Waals surface area contributed by atoms with Crippen molar-refractivity contribution in [3.05, 3.63) is 277 Å². The van der Waals surface area contributed by atoms with Crippen LogP contribution < -0.4 is 0 Å². The second kappa shape index (κ2) is 32.7. The van der Waals surface area contributed by atoms with E-state index in [0.717, 1.165) is 21.8 Å². The molecule has 0 unspecified atom stereocenters. The standard InChI is InChI=1S/C27H23N.C21H19N.C17H13N3.C15H15N.4C2H6/c1-19(2)28-24-17-9-15-22(20-11-5-3-6-12-20)26(24)27-23(16-10-18-25(27)28)21-13-7-4-8-14-21;1-15(2)16-11-13-17(14-12-16)22-20-9-5-3-7-18(20)19-8-4-6-10-21(19)22;1-11(2)20-14-8-4-6-12(10-18)16(14)17-13(19-3)7-5-9-15(17)20;1-11(2)16-14-9-5-3-7-12(14)13-8-4-6-10-15(13)16;4*1-2/h3-19H,1-2H3;3-15H,1-2H3;4-9,11H,1-2H3;3-11H,1-2H3;4*1-2H3. The summed E-state index contributed by atoms with van der Waals surface area (Å²) in [6.45, 7) is 41.1. The normalized spacial score (nSPS) is 10.7. The zero-order valence-corrected chi connectivity index (χ0v) is 58.2. The summed E-state index contributed by atoms with van der Waals surface area (Å²) in [4.78, 5) is 3.62. The third kappa shape index (κ3) is 13.9. The largest absolute Gasteiger partial charge is 0.339 e. The van der Waals surface area contributed by atoms with Crippen LogP contribution in [0, 0.1) is 17.9 Å². The van der Waals surface area contributed by atoms with Crippen molar-refractivity contribution in [2.24, 2.45) is 0 Å². The van der Waals surface area contributed by atoms with Crippen molar-refractivity contribution in [2.75, 3.05) is 0 Å². The van der Waals surface area contributed by atoms with E-state index in [2.05, 4.69) is 303 Å². The van der Waals surface area contributed by atoms with E-state index in [1.807, 2.05) is 91.8 Å². The molecule has 476 valence electrons. The van der Waals surface area contributed by atoms with Gasteiger partial charge in [0.25, 0.3) is 0 Å². The minimum absolute atomic E-state index is 0.268. The molecule has 0 aliphatic heterocycles. The molecule has 0 N–H and O–H groups in total. The Morgan fingerprint density at radius 2 is 0.638 bits per heavy atom. The molecule has 0 atom stereocenters. The quantitative estimate of drug-likeness (QED) is 0.147. The van der Waals surface area contributed by atoms with Gasteiger partial charge in [-0.2, -0.15) is 5.26 Å². The number of aromatic nitrogens is 4. The third-order valence-electron chi connectivity index (χ3n) is 16.7. The van der Waals surface area contributed by atoms with Crippen LogP contribution in [0.2, 0.25) is 0 Å². The van der Waals surface area contributed by atoms with E-state index >= 15 is 0 Å². The number of para-hydroxylation sites is 4. The summed E-state index contributed by atoms with van der Waals surface area (Å²) in [6, 6.07) is 93.2. The molecule has 0 radical (unpaired) electrons. The number of rotatable bonds is 7. The molecule has 94 heavy (non-hydrogen) atoms. The third-order valence-corrected chi connectivity index (χ3v) is 16.7. The lowest BCUT2D eigenvalue weighted by atomic mass is 9.95. The molecule has 0 saturated heterocycles. The summed E-state index contributed by atoms with van der Waals surface area (Å²) in [5, 5.41) is 19.2. The molecule has 0 aliphatic carbocycles. The van der Waals surface area contributed by atoms with E-state index in [-0.39, 0.29) is 6.04 Å². The van der Waals surface area contributed by atoms with Crippen molar-refractivity contribution < 1.29 is 0 Å². The van der Waals surface area contributed by atoms with Crippen LogP contribution in [0.4, 0.5) is 5.69 Å². The highest BCUT2D eigenvalue weighted by Gasteiger charge is 2.21. The Labute approximate surface area is 559 Å². The molecule has 15 rings (SSSR count). The van der Waals surface area contributed by atoms with Gasteiger partial charge in [-0.1, -0.05) is 257 Å². The Kier molecular flexibility index (Phi) is 24.2. The predicted molar refractivity (Wildman–Crippen MR) is 412 cm³/mol. The Bertz CT molecular complexity index is 4740. The van der Waals surface area contributed by atoms with Gasteiger partial charge in [0.2, 0.25) is 0 Å². The molecular weight excluding hydrogens is 1140 g/mol. The van der Waals surface area contributed by atoms with E-state index in [4.69, 9.17) is 6.57 Å². The molecule has 15 aromatic rings. The summed E-state index contributed by atoms with van der Waals surface area (Å²) < 4.78 is 9.43. The molecule has 11 aromatic carbocycles. The Balaban J connectivity index is 0.000000158. The minimum atomic E-state index is 0.268. The Morgan fingerprint density at radius 1 is 0.319 bits per heavy atom. The van der Waals surface area contributed by atoms with Crippen LogP contribution in [0.25, 0.3) is 120 Å². The molecule has 0 spiro atoms. The Hall–Kier alpha value is -10.4. The summed E-state index contributed by atoms with van der Waals surface area (Å²) >= 11 is 0. The van der Waals surface area contributed by atoms with Gasteiger partial charge in [0.05, 0.1) is 29.2 Å². The van der Waals surface area contributed by atoms with Crippen LogP contribution in [0.1, 0.15) is 146 Å². The summed E-state index contributed by atoms with van der Waals surface area (Å²) in [7, 11) is 0. The molecule has 6 heteroatoms. The van der Waals surface area contributed by atoms with Crippen molar-refractivity contribution in [1.82, 2.24) is 18.3 Å². The van der Waals surface area contributed by atoms with Gasteiger partial charge in [-0.3, -0.25) is 0 Å². The van der Waals surface area contributed by atoms with Gasteiger partial charge in [0.1, 0.15) is 0 Å². The van der Waals surface area contributed by atoms with Crippen molar-refractivity contribution >= 4 is 92.9 Å². The zero-order chi connectivity index (χ0) is 67.6. The van der Waals surface area contributed by atoms with Crippen LogP contribution in [0.3, 0.4) is 0 Å². The highest BCUT2D eigenvalue weighted by molar-refractivity contribution is 6.20. The first-order chi connectivity index (χ1) is 46.0. The highest BCUT2D eigenvalue weighted by atomic mass is 15.0. The SMILES string of the molecule is CC.CC.CC.CC.CC(C)c1ccc(-n2c3ccccc3c3ccccc32)cc1.CC(C)n1c2cccc(-c3ccccc3)c2c2c(-c3ccccc3)cccc21.CC(C)n1c2ccccc2c2ccccc21.[C-]#[N+]c1cccc2c1c1c(C#N)cccc1n2C(C)C. The van der Waals surface area contributed by atoms with Crippen LogP contribution in [-0.2, 0) is 0 Å². The predicted octanol–water partition coefficient (Wildman–Crippen LogP) is 26.9. The minimum Gasteiger partial charge on any atom is -0.339 e.